The van der Waals surface area contributed by atoms with Gasteiger partial charge in [0.1, 0.15) is 11.6 Å². The van der Waals surface area contributed by atoms with Crippen molar-refractivity contribution in [2.24, 2.45) is 5.92 Å². The van der Waals surface area contributed by atoms with Crippen LogP contribution in [0.4, 0.5) is 15.1 Å². The summed E-state index contributed by atoms with van der Waals surface area (Å²) in [4.78, 5) is 14.5. The predicted octanol–water partition coefficient (Wildman–Crippen LogP) is 6.01. The quantitative estimate of drug-likeness (QED) is 0.486. The topological polar surface area (TPSA) is 67.6 Å². The number of carbonyl (C=O) groups excluding carboxylic acids is 1. The highest BCUT2D eigenvalue weighted by Crippen LogP contribution is 2.27. The predicted molar refractivity (Wildman–Crippen MR) is 130 cm³/mol. The van der Waals surface area contributed by atoms with Gasteiger partial charge >= 0.3 is 6.03 Å². The summed E-state index contributed by atoms with van der Waals surface area (Å²) in [6, 6.07) is 14.4. The standard InChI is InChI=1S/C27H30FN3O3/c1-18-17-31(27(32)29-26-19(2)20(3)30-34-26)12-10-23(18)14-22-7-5-9-25(16-22)33-13-11-21-6-4-8-24(28)15-21/h4-9,14-16,18H,10-13,17H2,1-3H3,(H,29,32). The lowest BCUT2D eigenvalue weighted by Crippen LogP contribution is -2.42. The minimum Gasteiger partial charge on any atom is -0.493 e. The number of nitrogens with zero attached hydrogens (tertiary/aromatic N) is 2. The number of nitrogens with one attached hydrogen (secondary N) is 1. The fourth-order valence-electron chi connectivity index (χ4n) is 4.04. The first-order chi connectivity index (χ1) is 16.4. The van der Waals surface area contributed by atoms with Crippen LogP contribution in [0.3, 0.4) is 0 Å². The molecule has 1 unspecified atom stereocenters. The van der Waals surface area contributed by atoms with Gasteiger partial charge < -0.3 is 14.2 Å². The Bertz CT molecular complexity index is 1190. The molecule has 2 heterocycles. The molecule has 6 nitrogen and oxygen atoms in total. The van der Waals surface area contributed by atoms with Crippen LogP contribution < -0.4 is 10.1 Å². The van der Waals surface area contributed by atoms with Crippen LogP contribution in [0.2, 0.25) is 0 Å². The van der Waals surface area contributed by atoms with E-state index >= 15 is 0 Å². The fraction of sp³-hybridized carbons (Fsp3) is 0.333. The van der Waals surface area contributed by atoms with Crippen molar-refractivity contribution in [3.63, 3.8) is 0 Å². The second-order valence-electron chi connectivity index (χ2n) is 8.77. The summed E-state index contributed by atoms with van der Waals surface area (Å²) in [5, 5.41) is 6.72. The van der Waals surface area contributed by atoms with Crippen LogP contribution in [0.15, 0.2) is 58.6 Å². The molecule has 1 atom stereocenters. The number of rotatable bonds is 6. The Balaban J connectivity index is 1.32. The second-order valence-corrected chi connectivity index (χ2v) is 8.77. The van der Waals surface area contributed by atoms with Gasteiger partial charge in [0.2, 0.25) is 5.88 Å². The van der Waals surface area contributed by atoms with E-state index in [1.54, 1.807) is 6.07 Å². The first kappa shape index (κ1) is 23.5. The molecule has 2 amide bonds. The average Bonchev–Trinajstić information content (AvgIpc) is 3.13. The lowest BCUT2D eigenvalue weighted by atomic mass is 9.91. The van der Waals surface area contributed by atoms with Crippen LogP contribution in [-0.2, 0) is 6.42 Å². The van der Waals surface area contributed by atoms with Crippen LogP contribution in [-0.4, -0.2) is 35.8 Å². The lowest BCUT2D eigenvalue weighted by Gasteiger charge is -2.33. The van der Waals surface area contributed by atoms with Gasteiger partial charge in [-0.1, -0.05) is 48.0 Å². The molecule has 1 aromatic heterocycles. The van der Waals surface area contributed by atoms with Crippen molar-refractivity contribution in [3.05, 3.63) is 82.3 Å². The van der Waals surface area contributed by atoms with E-state index in [4.69, 9.17) is 9.26 Å². The number of carbonyl (C=O) groups is 1. The van der Waals surface area contributed by atoms with Gasteiger partial charge in [-0.2, -0.15) is 0 Å². The number of hydrogen-bond acceptors (Lipinski definition) is 4. The monoisotopic (exact) mass is 463 g/mol. The molecule has 0 aliphatic carbocycles. The van der Waals surface area contributed by atoms with Crippen molar-refractivity contribution in [2.75, 3.05) is 25.0 Å². The molecule has 1 saturated heterocycles. The van der Waals surface area contributed by atoms with Crippen LogP contribution in [0, 0.1) is 25.6 Å². The summed E-state index contributed by atoms with van der Waals surface area (Å²) >= 11 is 0. The van der Waals surface area contributed by atoms with Crippen LogP contribution in [0.25, 0.3) is 6.08 Å². The molecule has 34 heavy (non-hydrogen) atoms. The minimum absolute atomic E-state index is 0.168. The molecule has 1 fully saturated rings. The summed E-state index contributed by atoms with van der Waals surface area (Å²) in [6.45, 7) is 7.60. The van der Waals surface area contributed by atoms with E-state index < -0.39 is 0 Å². The first-order valence-corrected chi connectivity index (χ1v) is 11.6. The van der Waals surface area contributed by atoms with Gasteiger partial charge in [0.05, 0.1) is 12.3 Å². The highest BCUT2D eigenvalue weighted by molar-refractivity contribution is 5.88. The number of benzene rings is 2. The molecule has 7 heteroatoms. The van der Waals surface area contributed by atoms with Crippen molar-refractivity contribution in [1.29, 1.82) is 0 Å². The van der Waals surface area contributed by atoms with Crippen molar-refractivity contribution in [3.8, 4) is 5.75 Å². The summed E-state index contributed by atoms with van der Waals surface area (Å²) < 4.78 is 24.4. The number of likely N-dealkylation sites (tertiary alicyclic amines) is 1. The van der Waals surface area contributed by atoms with Crippen LogP contribution in [0.1, 0.15) is 35.7 Å². The summed E-state index contributed by atoms with van der Waals surface area (Å²) in [5.41, 5.74) is 4.89. The normalized spacial score (nSPS) is 17.1. The van der Waals surface area contributed by atoms with Gasteiger partial charge in [-0.25, -0.2) is 9.18 Å². The summed E-state index contributed by atoms with van der Waals surface area (Å²) in [7, 11) is 0. The lowest BCUT2D eigenvalue weighted by molar-refractivity contribution is 0.197. The number of halogens is 1. The number of aryl methyl sites for hydroxylation is 1. The largest absolute Gasteiger partial charge is 0.493 e. The van der Waals surface area contributed by atoms with Crippen molar-refractivity contribution in [2.45, 2.75) is 33.6 Å². The number of hydrogen-bond donors (Lipinski definition) is 1. The molecule has 0 radical (unpaired) electrons. The van der Waals surface area contributed by atoms with E-state index in [-0.39, 0.29) is 17.8 Å². The number of ether oxygens (including phenoxy) is 1. The summed E-state index contributed by atoms with van der Waals surface area (Å²) in [5.74, 6) is 1.19. The Morgan fingerprint density at radius 3 is 2.82 bits per heavy atom. The highest BCUT2D eigenvalue weighted by atomic mass is 19.1. The van der Waals surface area contributed by atoms with E-state index in [0.29, 0.717) is 32.0 Å². The fourth-order valence-corrected chi connectivity index (χ4v) is 4.04. The molecule has 1 N–H and O–H groups in total. The molecular weight excluding hydrogens is 433 g/mol. The smallest absolute Gasteiger partial charge is 0.324 e. The second kappa shape index (κ2) is 10.5. The number of anilines is 1. The average molecular weight is 464 g/mol. The summed E-state index contributed by atoms with van der Waals surface area (Å²) in [6.07, 6.45) is 3.63. The van der Waals surface area contributed by atoms with Crippen molar-refractivity contribution in [1.82, 2.24) is 10.1 Å². The Kier molecular flexibility index (Phi) is 7.30. The Hall–Kier alpha value is -3.61. The first-order valence-electron chi connectivity index (χ1n) is 11.6. The minimum atomic E-state index is -0.230. The van der Waals surface area contributed by atoms with Crippen molar-refractivity contribution < 1.29 is 18.4 Å². The molecular formula is C27H30FN3O3. The molecule has 0 bridgehead atoms. The molecule has 1 aliphatic rings. The zero-order chi connectivity index (χ0) is 24.1. The SMILES string of the molecule is Cc1noc(NC(=O)N2CCC(=Cc3cccc(OCCc4cccc(F)c4)c3)C(C)C2)c1C. The van der Waals surface area contributed by atoms with Gasteiger partial charge in [-0.05, 0) is 61.6 Å². The van der Waals surface area contributed by atoms with Gasteiger partial charge in [0.15, 0.2) is 0 Å². The number of aromatic nitrogens is 1. The van der Waals surface area contributed by atoms with E-state index in [0.717, 1.165) is 34.6 Å². The number of piperidine rings is 1. The zero-order valence-electron chi connectivity index (χ0n) is 19.8. The number of urea groups is 1. The molecule has 0 spiro atoms. The highest BCUT2D eigenvalue weighted by Gasteiger charge is 2.25. The Morgan fingerprint density at radius 1 is 1.26 bits per heavy atom. The van der Waals surface area contributed by atoms with E-state index in [9.17, 15) is 9.18 Å². The third-order valence-corrected chi connectivity index (χ3v) is 6.22. The maximum atomic E-state index is 13.3. The van der Waals surface area contributed by atoms with Gasteiger partial charge in [-0.15, -0.1) is 0 Å². The third kappa shape index (κ3) is 5.84. The van der Waals surface area contributed by atoms with E-state index in [2.05, 4.69) is 23.5 Å². The molecule has 4 rings (SSSR count). The molecule has 2 aromatic carbocycles. The van der Waals surface area contributed by atoms with Gasteiger partial charge in [0, 0.05) is 25.1 Å². The molecule has 3 aromatic rings. The van der Waals surface area contributed by atoms with Gasteiger partial charge in [-0.3, -0.25) is 5.32 Å². The molecule has 1 aliphatic heterocycles. The number of amides is 2. The van der Waals surface area contributed by atoms with Crippen molar-refractivity contribution >= 4 is 18.0 Å². The zero-order valence-corrected chi connectivity index (χ0v) is 19.8. The van der Waals surface area contributed by atoms with E-state index in [1.807, 2.05) is 49.1 Å². The van der Waals surface area contributed by atoms with Crippen LogP contribution >= 0.6 is 0 Å². The maximum absolute atomic E-state index is 13.3. The van der Waals surface area contributed by atoms with E-state index in [1.165, 1.54) is 17.7 Å². The third-order valence-electron chi connectivity index (χ3n) is 6.22. The molecule has 0 saturated carbocycles. The maximum Gasteiger partial charge on any atom is 0.324 e. The van der Waals surface area contributed by atoms with Gasteiger partial charge in [0.25, 0.3) is 0 Å². The Morgan fingerprint density at radius 2 is 2.09 bits per heavy atom. The van der Waals surface area contributed by atoms with Crippen LogP contribution in [0.5, 0.6) is 5.75 Å². The Labute approximate surface area is 199 Å². The molecule has 178 valence electrons.